The van der Waals surface area contributed by atoms with Gasteiger partial charge in [-0.1, -0.05) is 292 Å². The highest BCUT2D eigenvalue weighted by atomic mass is 31.2. The summed E-state index contributed by atoms with van der Waals surface area (Å²) in [6.45, 7) is 9.47. The third kappa shape index (κ3) is 62.6. The van der Waals surface area contributed by atoms with Gasteiger partial charge in [-0.25, -0.2) is 9.13 Å². The average molecular weight is 1280 g/mol. The monoisotopic (exact) mass is 1280 g/mol. The molecule has 3 N–H and O–H groups in total. The highest BCUT2D eigenvalue weighted by Gasteiger charge is 2.30. The number of phosphoric ester groups is 2. The fraction of sp³-hybridized carbons (Fsp3) is 0.941. The SMILES string of the molecule is CCCCCCCCCCCCCCC(=O)O[C@H](COC(=O)CCCCCCC)COP(=O)(O)OC[C@H](O)COP(=O)(O)OC[C@@H](COC(=O)CCCCCCCCCCCCCCC(C)C)OC(=O)CCCCCCCCCCCCCCC(C)C. The van der Waals surface area contributed by atoms with Crippen molar-refractivity contribution in [1.29, 1.82) is 0 Å². The van der Waals surface area contributed by atoms with E-state index < -0.39 is 97.5 Å². The summed E-state index contributed by atoms with van der Waals surface area (Å²) in [5.74, 6) is -0.578. The van der Waals surface area contributed by atoms with Crippen LogP contribution in [0.1, 0.15) is 343 Å². The van der Waals surface area contributed by atoms with Crippen molar-refractivity contribution in [2.75, 3.05) is 39.6 Å². The largest absolute Gasteiger partial charge is 0.472 e. The van der Waals surface area contributed by atoms with Gasteiger partial charge in [0, 0.05) is 25.7 Å². The van der Waals surface area contributed by atoms with Gasteiger partial charge in [0.25, 0.3) is 0 Å². The van der Waals surface area contributed by atoms with E-state index in [-0.39, 0.29) is 25.7 Å². The molecule has 0 aliphatic heterocycles. The van der Waals surface area contributed by atoms with E-state index in [1.807, 2.05) is 0 Å². The van der Waals surface area contributed by atoms with Gasteiger partial charge in [0.05, 0.1) is 26.4 Å². The first-order valence-electron chi connectivity index (χ1n) is 35.5. The van der Waals surface area contributed by atoms with E-state index in [0.717, 1.165) is 108 Å². The van der Waals surface area contributed by atoms with Crippen molar-refractivity contribution in [3.05, 3.63) is 0 Å². The molecule has 0 rings (SSSR count). The van der Waals surface area contributed by atoms with E-state index in [1.165, 1.54) is 154 Å². The number of carbonyl (C=O) groups excluding carboxylic acids is 4. The maximum absolute atomic E-state index is 13.0. The molecule has 0 heterocycles. The number of ether oxygens (including phenoxy) is 4. The van der Waals surface area contributed by atoms with Crippen LogP contribution in [0.5, 0.6) is 0 Å². The van der Waals surface area contributed by atoms with Crippen molar-refractivity contribution in [1.82, 2.24) is 0 Å². The Morgan fingerprint density at radius 2 is 0.529 bits per heavy atom. The Balaban J connectivity index is 5.17. The second kappa shape index (κ2) is 60.3. The number of carbonyl (C=O) groups is 4. The quantitative estimate of drug-likeness (QED) is 0.0222. The summed E-state index contributed by atoms with van der Waals surface area (Å²) >= 11 is 0. The van der Waals surface area contributed by atoms with Crippen molar-refractivity contribution in [3.8, 4) is 0 Å². The normalized spacial score (nSPS) is 14.2. The molecule has 87 heavy (non-hydrogen) atoms. The van der Waals surface area contributed by atoms with Crippen molar-refractivity contribution in [2.24, 2.45) is 11.8 Å². The molecular formula is C68H132O17P2. The summed E-state index contributed by atoms with van der Waals surface area (Å²) in [5, 5.41) is 10.5. The maximum Gasteiger partial charge on any atom is 0.472 e. The number of aliphatic hydroxyl groups is 1. The lowest BCUT2D eigenvalue weighted by Gasteiger charge is -2.21. The molecule has 0 saturated heterocycles. The number of phosphoric acid groups is 2. The van der Waals surface area contributed by atoms with E-state index >= 15 is 0 Å². The van der Waals surface area contributed by atoms with Gasteiger partial charge in [-0.15, -0.1) is 0 Å². The zero-order valence-corrected chi connectivity index (χ0v) is 58.1. The van der Waals surface area contributed by atoms with Crippen molar-refractivity contribution < 1.29 is 80.2 Å². The first-order valence-corrected chi connectivity index (χ1v) is 38.5. The Hall–Kier alpha value is -1.94. The lowest BCUT2D eigenvalue weighted by Crippen LogP contribution is -2.30. The van der Waals surface area contributed by atoms with E-state index in [1.54, 1.807) is 0 Å². The van der Waals surface area contributed by atoms with Gasteiger partial charge in [0.15, 0.2) is 12.2 Å². The minimum absolute atomic E-state index is 0.106. The fourth-order valence-corrected chi connectivity index (χ4v) is 11.8. The molecular weight excluding hydrogens is 1150 g/mol. The third-order valence-electron chi connectivity index (χ3n) is 15.7. The second-order valence-electron chi connectivity index (χ2n) is 25.5. The zero-order chi connectivity index (χ0) is 64.3. The number of aliphatic hydroxyl groups excluding tert-OH is 1. The van der Waals surface area contributed by atoms with Gasteiger partial charge in [-0.05, 0) is 37.5 Å². The summed E-state index contributed by atoms with van der Waals surface area (Å²) in [7, 11) is -9.89. The van der Waals surface area contributed by atoms with Crippen molar-refractivity contribution >= 4 is 39.5 Å². The first-order chi connectivity index (χ1) is 41.9. The van der Waals surface area contributed by atoms with Crippen LogP contribution in [-0.4, -0.2) is 96.7 Å². The number of unbranched alkanes of at least 4 members (excludes halogenated alkanes) is 37. The smallest absolute Gasteiger partial charge is 0.462 e. The van der Waals surface area contributed by atoms with Crippen LogP contribution in [0.25, 0.3) is 0 Å². The molecule has 0 amide bonds. The predicted molar refractivity (Wildman–Crippen MR) is 349 cm³/mol. The molecule has 0 aromatic heterocycles. The topological polar surface area (TPSA) is 237 Å². The summed E-state index contributed by atoms with van der Waals surface area (Å²) in [4.78, 5) is 72.2. The zero-order valence-electron chi connectivity index (χ0n) is 56.3. The van der Waals surface area contributed by atoms with Crippen LogP contribution < -0.4 is 0 Å². The van der Waals surface area contributed by atoms with Crippen molar-refractivity contribution in [3.63, 3.8) is 0 Å². The Bertz CT molecular complexity index is 1700. The van der Waals surface area contributed by atoms with Crippen molar-refractivity contribution in [2.45, 2.75) is 362 Å². The molecule has 0 bridgehead atoms. The van der Waals surface area contributed by atoms with Gasteiger partial charge < -0.3 is 33.8 Å². The van der Waals surface area contributed by atoms with E-state index in [2.05, 4.69) is 41.5 Å². The molecule has 17 nitrogen and oxygen atoms in total. The summed E-state index contributed by atoms with van der Waals surface area (Å²) < 4.78 is 68.0. The van der Waals surface area contributed by atoms with Crippen LogP contribution in [0, 0.1) is 11.8 Å². The second-order valence-corrected chi connectivity index (χ2v) is 28.4. The number of hydrogen-bond donors (Lipinski definition) is 3. The van der Waals surface area contributed by atoms with Gasteiger partial charge in [0.1, 0.15) is 19.3 Å². The van der Waals surface area contributed by atoms with Crippen LogP contribution in [0.2, 0.25) is 0 Å². The summed E-state index contributed by atoms with van der Waals surface area (Å²) in [6, 6.07) is 0. The van der Waals surface area contributed by atoms with Crippen LogP contribution >= 0.6 is 15.6 Å². The van der Waals surface area contributed by atoms with Crippen LogP contribution in [-0.2, 0) is 65.4 Å². The van der Waals surface area contributed by atoms with E-state index in [0.29, 0.717) is 25.7 Å². The highest BCUT2D eigenvalue weighted by Crippen LogP contribution is 2.45. The Morgan fingerprint density at radius 1 is 0.310 bits per heavy atom. The van der Waals surface area contributed by atoms with Gasteiger partial charge in [-0.2, -0.15) is 0 Å². The minimum atomic E-state index is -4.95. The van der Waals surface area contributed by atoms with Crippen LogP contribution in [0.4, 0.5) is 0 Å². The molecule has 0 spiro atoms. The molecule has 0 saturated carbocycles. The molecule has 5 atom stereocenters. The summed E-state index contributed by atoms with van der Waals surface area (Å²) in [5.41, 5.74) is 0. The fourth-order valence-electron chi connectivity index (χ4n) is 10.2. The molecule has 0 aromatic carbocycles. The average Bonchev–Trinajstić information content (AvgIpc) is 3.70. The third-order valence-corrected chi connectivity index (χ3v) is 17.6. The number of rotatable bonds is 67. The molecule has 0 fully saturated rings. The Kier molecular flexibility index (Phi) is 59.0. The van der Waals surface area contributed by atoms with Crippen LogP contribution in [0.15, 0.2) is 0 Å². The molecule has 0 aromatic rings. The van der Waals surface area contributed by atoms with Gasteiger partial charge >= 0.3 is 39.5 Å². The molecule has 19 heteroatoms. The summed E-state index contributed by atoms with van der Waals surface area (Å²) in [6.07, 6.45) is 44.7. The number of esters is 4. The lowest BCUT2D eigenvalue weighted by molar-refractivity contribution is -0.161. The minimum Gasteiger partial charge on any atom is -0.462 e. The molecule has 516 valence electrons. The predicted octanol–water partition coefficient (Wildman–Crippen LogP) is 19.2. The Labute approximate surface area is 530 Å². The van der Waals surface area contributed by atoms with Crippen LogP contribution in [0.3, 0.4) is 0 Å². The highest BCUT2D eigenvalue weighted by molar-refractivity contribution is 7.47. The number of hydrogen-bond acceptors (Lipinski definition) is 15. The van der Waals surface area contributed by atoms with Gasteiger partial charge in [0.2, 0.25) is 0 Å². The van der Waals surface area contributed by atoms with E-state index in [4.69, 9.17) is 37.0 Å². The lowest BCUT2D eigenvalue weighted by atomic mass is 10.0. The van der Waals surface area contributed by atoms with Gasteiger partial charge in [-0.3, -0.25) is 37.3 Å². The molecule has 0 aliphatic carbocycles. The first kappa shape index (κ1) is 85.1. The standard InChI is InChI=1S/C68H132O17P2/c1-7-9-11-13-14-15-16-23-29-34-40-46-52-67(72)84-63(56-78-65(70)50-44-36-12-10-8-2)58-82-86(74,75)80-54-62(69)55-81-87(76,77)83-59-64(85-68(73)53-47-41-35-30-25-20-18-22-27-32-38-43-49-61(5)6)57-79-66(71)51-45-39-33-28-24-19-17-21-26-31-37-42-48-60(3)4/h60-64,69H,7-59H2,1-6H3,(H,74,75)(H,76,77)/t62-,63+,64+/m0/s1. The van der Waals surface area contributed by atoms with E-state index in [9.17, 15) is 43.2 Å². The molecule has 0 aliphatic rings. The molecule has 2 unspecified atom stereocenters. The maximum atomic E-state index is 13.0. The molecule has 0 radical (unpaired) electrons. The Morgan fingerprint density at radius 3 is 0.782 bits per heavy atom.